The Hall–Kier alpha value is -7.63. The zero-order valence-electron chi connectivity index (χ0n) is 29.4. The highest BCUT2D eigenvalue weighted by molar-refractivity contribution is 6.86. The topological polar surface area (TPSA) is 110 Å². The van der Waals surface area contributed by atoms with Gasteiger partial charge in [-0.2, -0.15) is 0 Å². The van der Waals surface area contributed by atoms with E-state index >= 15 is 4.79 Å². The van der Waals surface area contributed by atoms with Crippen molar-refractivity contribution in [3.05, 3.63) is 197 Å². The number of aliphatic imine (C=N–C) groups is 4. The average Bonchev–Trinajstić information content (AvgIpc) is 3.97. The molecule has 0 N–H and O–H groups in total. The van der Waals surface area contributed by atoms with Crippen LogP contribution < -0.4 is 16.2 Å². The SMILES string of the molecule is O=C(O[Si]1(c2ccccc2)n2c3c4ccccc4c2N=C2N=C(N=c4c5ccccc5c(n41)=NC1=NC(=N3)c3ccccc31)c1ccccc12)c1ccccc1. The highest BCUT2D eigenvalue weighted by Crippen LogP contribution is 2.43. The third kappa shape index (κ3) is 4.17. The Morgan fingerprint density at radius 1 is 0.411 bits per heavy atom. The summed E-state index contributed by atoms with van der Waals surface area (Å²) in [5, 5.41) is 4.00. The minimum absolute atomic E-state index is 0.402. The number of amidine groups is 4. The predicted molar refractivity (Wildman–Crippen MR) is 219 cm³/mol. The number of carbonyl (C=O) groups excluding carboxylic acids is 1. The van der Waals surface area contributed by atoms with Gasteiger partial charge in [0.15, 0.2) is 23.3 Å². The van der Waals surface area contributed by atoms with Gasteiger partial charge in [-0.15, -0.1) is 0 Å². The molecule has 4 aliphatic heterocycles. The molecule has 0 aliphatic carbocycles. The second-order valence-corrected chi connectivity index (χ2v) is 16.7. The van der Waals surface area contributed by atoms with E-state index < -0.39 is 14.6 Å². The van der Waals surface area contributed by atoms with Crippen LogP contribution in [-0.2, 0) is 4.43 Å². The summed E-state index contributed by atoms with van der Waals surface area (Å²) in [7, 11) is -4.36. The van der Waals surface area contributed by atoms with Gasteiger partial charge in [-0.05, 0) is 12.1 Å². The largest absolute Gasteiger partial charge is 0.533 e. The Balaban J connectivity index is 1.40. The molecule has 2 aromatic heterocycles. The molecule has 6 aromatic carbocycles. The van der Waals surface area contributed by atoms with Crippen molar-refractivity contribution in [1.29, 1.82) is 0 Å². The van der Waals surface area contributed by atoms with E-state index in [1.165, 1.54) is 0 Å². The fourth-order valence-electron chi connectivity index (χ4n) is 8.30. The standard InChI is InChI=1S/C45H26N8O2Si/c54-45(27-15-3-1-4-16-27)55-56(28-17-5-2-6-18-28)52-41-33-23-11-12-24-34(33)43(52)50-39-31-21-9-10-22-32(31)40(47-39)51-44-36-26-14-13-25-35(36)42(53(44)56)49-38-30-20-8-7-19-29(30)37(46-38)48-41/h1-26H. The zero-order valence-corrected chi connectivity index (χ0v) is 30.4. The molecule has 0 spiro atoms. The number of fused-ring (bicyclic) bond motifs is 14. The van der Waals surface area contributed by atoms with E-state index in [1.54, 1.807) is 12.1 Å². The van der Waals surface area contributed by atoms with Gasteiger partial charge in [-0.3, -0.25) is 8.47 Å². The molecule has 56 heavy (non-hydrogen) atoms. The normalized spacial score (nSPS) is 17.1. The molecule has 12 rings (SSSR count). The van der Waals surface area contributed by atoms with Crippen LogP contribution >= 0.6 is 0 Å². The van der Waals surface area contributed by atoms with Gasteiger partial charge in [0.05, 0.1) is 5.56 Å². The highest BCUT2D eigenvalue weighted by Gasteiger charge is 2.54. The van der Waals surface area contributed by atoms with Crippen LogP contribution in [0.4, 0.5) is 11.6 Å². The summed E-state index contributed by atoms with van der Waals surface area (Å²) in [4.78, 5) is 47.1. The first-order valence-corrected chi connectivity index (χ1v) is 20.1. The van der Waals surface area contributed by atoms with Gasteiger partial charge >= 0.3 is 14.6 Å². The number of nitrogens with zero attached hydrogens (tertiary/aromatic N) is 8. The van der Waals surface area contributed by atoms with Crippen LogP contribution in [0.1, 0.15) is 32.6 Å². The molecule has 0 saturated carbocycles. The van der Waals surface area contributed by atoms with Crippen LogP contribution in [0, 0.1) is 0 Å². The second kappa shape index (κ2) is 11.4. The van der Waals surface area contributed by atoms with Crippen LogP contribution in [0.25, 0.3) is 21.5 Å². The molecule has 1 unspecified atom stereocenters. The Kier molecular flexibility index (Phi) is 6.29. The van der Waals surface area contributed by atoms with Crippen molar-refractivity contribution in [3.63, 3.8) is 0 Å². The first kappa shape index (κ1) is 30.8. The molecule has 262 valence electrons. The van der Waals surface area contributed by atoms with Crippen molar-refractivity contribution < 1.29 is 9.22 Å². The smallest absolute Gasteiger partial charge is 0.475 e. The lowest BCUT2D eigenvalue weighted by Crippen LogP contribution is -2.69. The second-order valence-electron chi connectivity index (χ2n) is 13.8. The summed E-state index contributed by atoms with van der Waals surface area (Å²) in [6.07, 6.45) is 0. The van der Waals surface area contributed by atoms with E-state index in [-0.39, 0.29) is 0 Å². The lowest BCUT2D eigenvalue weighted by molar-refractivity contribution is 0.0713. The lowest BCUT2D eigenvalue weighted by Gasteiger charge is -2.34. The number of benzene rings is 6. The molecule has 10 nitrogen and oxygen atoms in total. The van der Waals surface area contributed by atoms with Crippen molar-refractivity contribution in [2.45, 2.75) is 0 Å². The van der Waals surface area contributed by atoms with E-state index in [0.717, 1.165) is 49.0 Å². The monoisotopic (exact) mass is 738 g/mol. The molecule has 6 bridgehead atoms. The van der Waals surface area contributed by atoms with Gasteiger partial charge in [-0.25, -0.2) is 34.7 Å². The molecule has 11 heteroatoms. The van der Waals surface area contributed by atoms with Crippen LogP contribution in [0.2, 0.25) is 0 Å². The van der Waals surface area contributed by atoms with Crippen molar-refractivity contribution >= 4 is 76.3 Å². The first-order chi connectivity index (χ1) is 27.7. The van der Waals surface area contributed by atoms with Crippen molar-refractivity contribution in [3.8, 4) is 0 Å². The van der Waals surface area contributed by atoms with E-state index in [0.29, 0.717) is 51.5 Å². The number of aromatic nitrogens is 2. The van der Waals surface area contributed by atoms with Gasteiger partial charge in [0.1, 0.15) is 22.6 Å². The van der Waals surface area contributed by atoms with Crippen LogP contribution in [-0.4, -0.2) is 46.4 Å². The third-order valence-electron chi connectivity index (χ3n) is 10.8. The van der Waals surface area contributed by atoms with Crippen LogP contribution in [0.3, 0.4) is 0 Å². The summed E-state index contributed by atoms with van der Waals surface area (Å²) in [6.45, 7) is 0. The number of rotatable bonds is 3. The van der Waals surface area contributed by atoms with Crippen molar-refractivity contribution in [1.82, 2.24) is 8.47 Å². The molecule has 4 aliphatic rings. The Labute approximate surface area is 319 Å². The summed E-state index contributed by atoms with van der Waals surface area (Å²) >= 11 is 0. The van der Waals surface area contributed by atoms with Gasteiger partial charge in [-0.1, -0.05) is 146 Å². The predicted octanol–water partition coefficient (Wildman–Crippen LogP) is 6.64. The highest BCUT2D eigenvalue weighted by atomic mass is 28.4. The van der Waals surface area contributed by atoms with Crippen molar-refractivity contribution in [2.75, 3.05) is 0 Å². The van der Waals surface area contributed by atoms with Gasteiger partial charge in [0.25, 0.3) is 0 Å². The van der Waals surface area contributed by atoms with Crippen molar-refractivity contribution in [2.24, 2.45) is 30.0 Å². The molecule has 8 aromatic rings. The molecule has 0 fully saturated rings. The molecule has 6 heterocycles. The Morgan fingerprint density at radius 3 is 1.29 bits per heavy atom. The lowest BCUT2D eigenvalue weighted by atomic mass is 10.1. The fourth-order valence-corrected chi connectivity index (χ4v) is 12.1. The molecular formula is C45H26N8O2Si. The van der Waals surface area contributed by atoms with Crippen LogP contribution in [0.5, 0.6) is 0 Å². The fraction of sp³-hybridized carbons (Fsp3) is 0. The van der Waals surface area contributed by atoms with Gasteiger partial charge in [0.2, 0.25) is 0 Å². The summed E-state index contributed by atoms with van der Waals surface area (Å²) in [5.74, 6) is 2.58. The molecule has 0 saturated heterocycles. The van der Waals surface area contributed by atoms with E-state index in [9.17, 15) is 0 Å². The number of hydrogen-bond acceptors (Lipinski definition) is 8. The summed E-state index contributed by atoms with van der Waals surface area (Å²) in [5.41, 5.74) is 4.88. The molecule has 0 radical (unpaired) electrons. The van der Waals surface area contributed by atoms with Crippen LogP contribution in [0.15, 0.2) is 188 Å². The first-order valence-electron chi connectivity index (χ1n) is 18.3. The quantitative estimate of drug-likeness (QED) is 0.190. The van der Waals surface area contributed by atoms with E-state index in [4.69, 9.17) is 34.4 Å². The molecular weight excluding hydrogens is 713 g/mol. The van der Waals surface area contributed by atoms with E-state index in [1.807, 2.05) is 146 Å². The minimum Gasteiger partial charge on any atom is -0.475 e. The maximum Gasteiger partial charge on any atom is 0.533 e. The summed E-state index contributed by atoms with van der Waals surface area (Å²) < 4.78 is 11.5. The maximum absolute atomic E-state index is 15.0. The van der Waals surface area contributed by atoms with Gasteiger partial charge in [0, 0.05) is 49.0 Å². The third-order valence-corrected chi connectivity index (χ3v) is 14.4. The maximum atomic E-state index is 15.0. The zero-order chi connectivity index (χ0) is 37.0. The van der Waals surface area contributed by atoms with E-state index in [2.05, 4.69) is 8.47 Å². The number of hydrogen-bond donors (Lipinski definition) is 0. The summed E-state index contributed by atoms with van der Waals surface area (Å²) in [6, 6.07) is 51.1. The number of carbonyl (C=O) groups is 1. The minimum atomic E-state index is -4.36. The average molecular weight is 739 g/mol. The molecule has 1 atom stereocenters. The Morgan fingerprint density at radius 2 is 0.804 bits per heavy atom. The Bertz CT molecular complexity index is 3140. The molecule has 0 amide bonds. The van der Waals surface area contributed by atoms with Gasteiger partial charge < -0.3 is 4.43 Å².